The van der Waals surface area contributed by atoms with E-state index in [0.29, 0.717) is 16.7 Å². The van der Waals surface area contributed by atoms with Crippen molar-refractivity contribution in [1.29, 1.82) is 0 Å². The summed E-state index contributed by atoms with van der Waals surface area (Å²) in [5.74, 6) is 1.03. The van der Waals surface area contributed by atoms with Crippen LogP contribution in [0.5, 0.6) is 11.6 Å². The predicted octanol–water partition coefficient (Wildman–Crippen LogP) is 3.89. The van der Waals surface area contributed by atoms with E-state index in [1.54, 1.807) is 12.1 Å². The van der Waals surface area contributed by atoms with Crippen LogP contribution in [-0.4, -0.2) is 10.1 Å². The largest absolute Gasteiger partial charge is 0.437 e. The third-order valence-corrected chi connectivity index (χ3v) is 3.07. The number of aromatic nitrogens is 1. The van der Waals surface area contributed by atoms with E-state index in [1.165, 1.54) is 0 Å². The molecule has 0 saturated heterocycles. The lowest BCUT2D eigenvalue weighted by Gasteiger charge is -2.10. The summed E-state index contributed by atoms with van der Waals surface area (Å²) in [4.78, 5) is 4.37. The minimum atomic E-state index is -0.0343. The molecule has 2 rings (SSSR count). The highest BCUT2D eigenvalue weighted by Gasteiger charge is 2.07. The average Bonchev–Trinajstić information content (AvgIpc) is 2.42. The lowest BCUT2D eigenvalue weighted by molar-refractivity contribution is 0.281. The van der Waals surface area contributed by atoms with E-state index < -0.39 is 0 Å². The Hall–Kier alpha value is -1.58. The van der Waals surface area contributed by atoms with Gasteiger partial charge in [0.05, 0.1) is 11.6 Å². The van der Waals surface area contributed by atoms with Crippen LogP contribution in [0.1, 0.15) is 23.7 Å². The summed E-state index contributed by atoms with van der Waals surface area (Å²) in [7, 11) is 0. The molecule has 1 N–H and O–H groups in total. The van der Waals surface area contributed by atoms with E-state index in [0.717, 1.165) is 23.2 Å². The van der Waals surface area contributed by atoms with Crippen molar-refractivity contribution in [2.24, 2.45) is 0 Å². The predicted molar refractivity (Wildman–Crippen MR) is 75.8 cm³/mol. The van der Waals surface area contributed by atoms with Gasteiger partial charge in [0.25, 0.3) is 0 Å². The molecule has 0 atom stereocenters. The highest BCUT2D eigenvalue weighted by molar-refractivity contribution is 6.32. The maximum absolute atomic E-state index is 9.24. The third kappa shape index (κ3) is 3.46. The minimum absolute atomic E-state index is 0.0343. The number of rotatable bonds is 4. The molecule has 0 radical (unpaired) electrons. The molecule has 0 bridgehead atoms. The number of benzene rings is 1. The van der Waals surface area contributed by atoms with Crippen molar-refractivity contribution in [3.8, 4) is 11.6 Å². The standard InChI is InChI=1S/C15H16ClNO2/c1-3-12-7-11(9-18)8-15(17-12)19-14-6-10(2)4-5-13(14)16/h4-8,18H,3,9H2,1-2H3. The second kappa shape index (κ2) is 6.04. The number of halogens is 1. The lowest BCUT2D eigenvalue weighted by Crippen LogP contribution is -1.96. The number of hydrogen-bond donors (Lipinski definition) is 1. The van der Waals surface area contributed by atoms with Crippen molar-refractivity contribution in [2.75, 3.05) is 0 Å². The molecular weight excluding hydrogens is 262 g/mol. The number of hydrogen-bond acceptors (Lipinski definition) is 3. The van der Waals surface area contributed by atoms with Gasteiger partial charge in [-0.05, 0) is 42.7 Å². The molecule has 1 heterocycles. The Morgan fingerprint density at radius 2 is 2.05 bits per heavy atom. The molecule has 0 spiro atoms. The number of aliphatic hydroxyl groups excluding tert-OH is 1. The Kier molecular flexibility index (Phi) is 4.40. The van der Waals surface area contributed by atoms with Crippen LogP contribution >= 0.6 is 11.6 Å². The Morgan fingerprint density at radius 1 is 1.26 bits per heavy atom. The smallest absolute Gasteiger partial charge is 0.219 e. The van der Waals surface area contributed by atoms with Gasteiger partial charge in [0, 0.05) is 11.8 Å². The van der Waals surface area contributed by atoms with Crippen LogP contribution < -0.4 is 4.74 Å². The summed E-state index contributed by atoms with van der Waals surface area (Å²) in [5.41, 5.74) is 2.73. The van der Waals surface area contributed by atoms with Crippen LogP contribution in [0.15, 0.2) is 30.3 Å². The zero-order valence-electron chi connectivity index (χ0n) is 11.0. The molecule has 100 valence electrons. The summed E-state index contributed by atoms with van der Waals surface area (Å²) in [5, 5.41) is 9.78. The zero-order valence-corrected chi connectivity index (χ0v) is 11.7. The van der Waals surface area contributed by atoms with Crippen molar-refractivity contribution in [3.63, 3.8) is 0 Å². The molecule has 4 heteroatoms. The van der Waals surface area contributed by atoms with Gasteiger partial charge >= 0.3 is 0 Å². The Balaban J connectivity index is 2.34. The Labute approximate surface area is 117 Å². The fourth-order valence-electron chi connectivity index (χ4n) is 1.75. The van der Waals surface area contributed by atoms with Gasteiger partial charge in [-0.3, -0.25) is 0 Å². The van der Waals surface area contributed by atoms with Gasteiger partial charge in [0.15, 0.2) is 0 Å². The molecule has 1 aromatic carbocycles. The zero-order chi connectivity index (χ0) is 13.8. The molecule has 0 amide bonds. The van der Waals surface area contributed by atoms with Gasteiger partial charge < -0.3 is 9.84 Å². The Morgan fingerprint density at radius 3 is 2.74 bits per heavy atom. The van der Waals surface area contributed by atoms with Crippen molar-refractivity contribution >= 4 is 11.6 Å². The van der Waals surface area contributed by atoms with Gasteiger partial charge in [-0.2, -0.15) is 0 Å². The molecule has 0 unspecified atom stereocenters. The van der Waals surface area contributed by atoms with Crippen LogP contribution in [0.4, 0.5) is 0 Å². The van der Waals surface area contributed by atoms with Crippen molar-refractivity contribution in [1.82, 2.24) is 4.98 Å². The maximum atomic E-state index is 9.24. The third-order valence-electron chi connectivity index (χ3n) is 2.76. The topological polar surface area (TPSA) is 42.4 Å². The van der Waals surface area contributed by atoms with Crippen LogP contribution in [-0.2, 0) is 13.0 Å². The first-order chi connectivity index (χ1) is 9.12. The molecule has 0 aliphatic carbocycles. The first kappa shape index (κ1) is 13.8. The summed E-state index contributed by atoms with van der Waals surface area (Å²) in [6.07, 6.45) is 0.783. The fourth-order valence-corrected chi connectivity index (χ4v) is 1.90. The van der Waals surface area contributed by atoms with E-state index >= 15 is 0 Å². The Bertz CT molecular complexity index is 562. The van der Waals surface area contributed by atoms with Gasteiger partial charge in [-0.25, -0.2) is 4.98 Å². The summed E-state index contributed by atoms with van der Waals surface area (Å²) >= 11 is 6.09. The van der Waals surface area contributed by atoms with Crippen LogP contribution in [0.3, 0.4) is 0 Å². The highest BCUT2D eigenvalue weighted by Crippen LogP contribution is 2.29. The molecule has 0 aliphatic rings. The molecule has 2 aromatic rings. The quantitative estimate of drug-likeness (QED) is 0.922. The monoisotopic (exact) mass is 277 g/mol. The highest BCUT2D eigenvalue weighted by atomic mass is 35.5. The second-order valence-electron chi connectivity index (χ2n) is 4.35. The van der Waals surface area contributed by atoms with Crippen molar-refractivity contribution in [3.05, 3.63) is 52.2 Å². The normalized spacial score (nSPS) is 10.5. The molecule has 1 aromatic heterocycles. The number of aryl methyl sites for hydroxylation is 2. The van der Waals surface area contributed by atoms with E-state index in [2.05, 4.69) is 4.98 Å². The molecule has 19 heavy (non-hydrogen) atoms. The van der Waals surface area contributed by atoms with Crippen molar-refractivity contribution < 1.29 is 9.84 Å². The van der Waals surface area contributed by atoms with Crippen LogP contribution in [0.25, 0.3) is 0 Å². The van der Waals surface area contributed by atoms with Crippen molar-refractivity contribution in [2.45, 2.75) is 26.9 Å². The van der Waals surface area contributed by atoms with E-state index in [1.807, 2.05) is 32.0 Å². The average molecular weight is 278 g/mol. The molecule has 0 saturated carbocycles. The maximum Gasteiger partial charge on any atom is 0.219 e. The second-order valence-corrected chi connectivity index (χ2v) is 4.76. The first-order valence-corrected chi connectivity index (χ1v) is 6.55. The first-order valence-electron chi connectivity index (χ1n) is 6.17. The van der Waals surface area contributed by atoms with Crippen LogP contribution in [0, 0.1) is 6.92 Å². The minimum Gasteiger partial charge on any atom is -0.437 e. The van der Waals surface area contributed by atoms with Gasteiger partial charge in [-0.1, -0.05) is 24.6 Å². The summed E-state index contributed by atoms with van der Waals surface area (Å²) in [6, 6.07) is 9.16. The van der Waals surface area contributed by atoms with E-state index in [9.17, 15) is 5.11 Å². The number of nitrogens with zero attached hydrogens (tertiary/aromatic N) is 1. The SMILES string of the molecule is CCc1cc(CO)cc(Oc2cc(C)ccc2Cl)n1. The van der Waals surface area contributed by atoms with Gasteiger partial charge in [0.2, 0.25) is 5.88 Å². The summed E-state index contributed by atoms with van der Waals surface area (Å²) in [6.45, 7) is 3.94. The molecule has 0 fully saturated rings. The van der Waals surface area contributed by atoms with Gasteiger partial charge in [-0.15, -0.1) is 0 Å². The number of ether oxygens (including phenoxy) is 1. The van der Waals surface area contributed by atoms with E-state index in [4.69, 9.17) is 16.3 Å². The lowest BCUT2D eigenvalue weighted by atomic mass is 10.2. The molecule has 3 nitrogen and oxygen atoms in total. The fraction of sp³-hybridized carbons (Fsp3) is 0.267. The van der Waals surface area contributed by atoms with Crippen LogP contribution in [0.2, 0.25) is 5.02 Å². The molecular formula is C15H16ClNO2. The van der Waals surface area contributed by atoms with E-state index in [-0.39, 0.29) is 6.61 Å². The number of aliphatic hydroxyl groups is 1. The summed E-state index contributed by atoms with van der Waals surface area (Å²) < 4.78 is 5.72. The number of pyridine rings is 1. The molecule has 0 aliphatic heterocycles. The van der Waals surface area contributed by atoms with Gasteiger partial charge in [0.1, 0.15) is 5.75 Å².